The van der Waals surface area contributed by atoms with Gasteiger partial charge in [-0.3, -0.25) is 4.99 Å². The van der Waals surface area contributed by atoms with Crippen LogP contribution in [0.25, 0.3) is 10.9 Å². The molecule has 1 atom stereocenters. The van der Waals surface area contributed by atoms with Gasteiger partial charge < -0.3 is 9.47 Å². The summed E-state index contributed by atoms with van der Waals surface area (Å²) in [6.07, 6.45) is -3.27. The predicted octanol–water partition coefficient (Wildman–Crippen LogP) is 5.50. The number of rotatable bonds is 3. The zero-order valence-electron chi connectivity index (χ0n) is 19.4. The van der Waals surface area contributed by atoms with Crippen molar-refractivity contribution in [1.29, 1.82) is 0 Å². The molecule has 3 aromatic rings. The Morgan fingerprint density at radius 3 is 2.44 bits per heavy atom. The van der Waals surface area contributed by atoms with Crippen LogP contribution < -0.4 is 10.4 Å². The first-order valence-electron chi connectivity index (χ1n) is 11.0. The number of anilines is 1. The normalized spacial score (nSPS) is 17.9. The molecular weight excluding hydrogens is 453 g/mol. The maximum Gasteiger partial charge on any atom is 0.416 e. The van der Waals surface area contributed by atoms with Gasteiger partial charge in [-0.25, -0.2) is 18.7 Å². The highest BCUT2D eigenvalue weighted by atomic mass is 19.4. The molecule has 0 unspecified atom stereocenters. The summed E-state index contributed by atoms with van der Waals surface area (Å²) in [5, 5.41) is 0.659. The van der Waals surface area contributed by atoms with Crippen molar-refractivity contribution >= 4 is 16.7 Å². The van der Waals surface area contributed by atoms with Crippen molar-refractivity contribution in [1.82, 2.24) is 14.5 Å². The number of halogens is 5. The molecule has 0 saturated carbocycles. The Morgan fingerprint density at radius 1 is 1.12 bits per heavy atom. The highest BCUT2D eigenvalue weighted by molar-refractivity contribution is 5.80. The van der Waals surface area contributed by atoms with Crippen LogP contribution in [0.15, 0.2) is 35.5 Å². The summed E-state index contributed by atoms with van der Waals surface area (Å²) >= 11 is 0. The molecule has 0 aliphatic carbocycles. The van der Waals surface area contributed by atoms with Crippen LogP contribution in [0.1, 0.15) is 48.3 Å². The van der Waals surface area contributed by atoms with Gasteiger partial charge in [-0.1, -0.05) is 12.1 Å². The first-order chi connectivity index (χ1) is 15.9. The lowest BCUT2D eigenvalue weighted by Gasteiger charge is -2.32. The van der Waals surface area contributed by atoms with Crippen molar-refractivity contribution in [3.8, 4) is 0 Å². The lowest BCUT2D eigenvalue weighted by molar-refractivity contribution is -0.138. The lowest BCUT2D eigenvalue weighted by Crippen LogP contribution is -2.39. The molecule has 0 radical (unpaired) electrons. The van der Waals surface area contributed by atoms with Crippen LogP contribution in [0.4, 0.5) is 27.8 Å². The molecule has 0 spiro atoms. The van der Waals surface area contributed by atoms with E-state index in [0.717, 1.165) is 11.6 Å². The highest BCUT2D eigenvalue weighted by Crippen LogP contribution is 2.35. The third kappa shape index (κ3) is 4.63. The minimum atomic E-state index is -4.45. The number of alkyl halides is 5. The van der Waals surface area contributed by atoms with E-state index in [1.54, 1.807) is 37.1 Å². The van der Waals surface area contributed by atoms with Crippen LogP contribution in [0, 0.1) is 13.8 Å². The van der Waals surface area contributed by atoms with Crippen LogP contribution in [-0.4, -0.2) is 33.5 Å². The molecule has 1 aromatic carbocycles. The summed E-state index contributed by atoms with van der Waals surface area (Å²) in [4.78, 5) is 15.6. The van der Waals surface area contributed by atoms with E-state index in [-0.39, 0.29) is 31.5 Å². The molecular formula is C24H26F5N5. The number of aryl methyl sites for hydroxylation is 2. The monoisotopic (exact) mass is 479 g/mol. The fraction of sp³-hybridized carbons (Fsp3) is 0.458. The Labute approximate surface area is 194 Å². The average molecular weight is 479 g/mol. The number of benzene rings is 1. The molecule has 0 N–H and O–H groups in total. The average Bonchev–Trinajstić information content (AvgIpc) is 2.76. The zero-order chi connectivity index (χ0) is 24.8. The second-order valence-electron chi connectivity index (χ2n) is 8.77. The number of fused-ring (bicyclic) bond motifs is 1. The van der Waals surface area contributed by atoms with Crippen molar-refractivity contribution in [2.45, 2.75) is 51.8 Å². The number of nitrogens with zero attached hydrogens (tertiary/aromatic N) is 5. The largest absolute Gasteiger partial charge is 0.416 e. The van der Waals surface area contributed by atoms with E-state index in [4.69, 9.17) is 4.99 Å². The van der Waals surface area contributed by atoms with Crippen LogP contribution in [0.5, 0.6) is 0 Å². The van der Waals surface area contributed by atoms with E-state index in [2.05, 4.69) is 9.97 Å². The Hall–Kier alpha value is -3.04. The molecule has 2 aromatic heterocycles. The molecule has 34 heavy (non-hydrogen) atoms. The summed E-state index contributed by atoms with van der Waals surface area (Å²) in [6.45, 7) is 5.35. The van der Waals surface area contributed by atoms with E-state index in [1.165, 1.54) is 13.0 Å². The Kier molecular flexibility index (Phi) is 6.12. The van der Waals surface area contributed by atoms with Gasteiger partial charge in [0.05, 0.1) is 23.3 Å². The summed E-state index contributed by atoms with van der Waals surface area (Å²) in [5.74, 6) is -1.46. The van der Waals surface area contributed by atoms with Gasteiger partial charge in [0, 0.05) is 38.4 Å². The quantitative estimate of drug-likeness (QED) is 0.466. The van der Waals surface area contributed by atoms with Crippen molar-refractivity contribution < 1.29 is 22.0 Å². The van der Waals surface area contributed by atoms with Crippen molar-refractivity contribution in [2.24, 2.45) is 12.0 Å². The van der Waals surface area contributed by atoms with Crippen LogP contribution >= 0.6 is 0 Å². The van der Waals surface area contributed by atoms with E-state index in [9.17, 15) is 22.0 Å². The number of aromatic nitrogens is 3. The topological polar surface area (TPSA) is 46.3 Å². The molecule has 10 heteroatoms. The van der Waals surface area contributed by atoms with E-state index >= 15 is 0 Å². The molecule has 1 aliphatic heterocycles. The minimum absolute atomic E-state index is 0.130. The standard InChI is InChI=1S/C24H26F5N5/c1-14-17(6-5-7-19(14)24(27,28)29)15(2)31-22-18-12-21(34-10-8-23(25,26)9-11-34)30-13-20(18)33(4)16(3)32-22/h5-7,12-13,15H,8-11H2,1-4H3/t15-/m1/s1. The van der Waals surface area contributed by atoms with Crippen LogP contribution in [0.3, 0.4) is 0 Å². The summed E-state index contributed by atoms with van der Waals surface area (Å²) in [7, 11) is 1.83. The minimum Gasteiger partial charge on any atom is -0.356 e. The third-order valence-electron chi connectivity index (χ3n) is 6.49. The smallest absolute Gasteiger partial charge is 0.356 e. The number of pyridine rings is 1. The van der Waals surface area contributed by atoms with Gasteiger partial charge in [0.25, 0.3) is 5.92 Å². The molecule has 5 nitrogen and oxygen atoms in total. The van der Waals surface area contributed by atoms with Crippen molar-refractivity contribution in [2.75, 3.05) is 18.0 Å². The molecule has 4 rings (SSSR count). The van der Waals surface area contributed by atoms with Gasteiger partial charge in [0.2, 0.25) is 0 Å². The second-order valence-corrected chi connectivity index (χ2v) is 8.77. The molecule has 3 heterocycles. The second kappa shape index (κ2) is 8.63. The molecule has 182 valence electrons. The van der Waals surface area contributed by atoms with Gasteiger partial charge >= 0.3 is 6.18 Å². The maximum absolute atomic E-state index is 13.6. The molecule has 0 bridgehead atoms. The molecule has 1 fully saturated rings. The fourth-order valence-electron chi connectivity index (χ4n) is 4.35. The highest BCUT2D eigenvalue weighted by Gasteiger charge is 2.35. The van der Waals surface area contributed by atoms with Crippen molar-refractivity contribution in [3.63, 3.8) is 0 Å². The predicted molar refractivity (Wildman–Crippen MR) is 120 cm³/mol. The molecule has 0 amide bonds. The Morgan fingerprint density at radius 2 is 1.79 bits per heavy atom. The first-order valence-corrected chi connectivity index (χ1v) is 11.0. The third-order valence-corrected chi connectivity index (χ3v) is 6.49. The number of piperidine rings is 1. The number of hydrogen-bond donors (Lipinski definition) is 0. The van der Waals surface area contributed by atoms with Gasteiger partial charge in [0.1, 0.15) is 11.6 Å². The van der Waals surface area contributed by atoms with Crippen LogP contribution in [0.2, 0.25) is 0 Å². The maximum atomic E-state index is 13.6. The number of hydrogen-bond acceptors (Lipinski definition) is 4. The van der Waals surface area contributed by atoms with E-state index in [0.29, 0.717) is 28.1 Å². The molecule has 1 saturated heterocycles. The van der Waals surface area contributed by atoms with E-state index in [1.807, 2.05) is 11.6 Å². The van der Waals surface area contributed by atoms with Gasteiger partial charge in [0.15, 0.2) is 5.49 Å². The van der Waals surface area contributed by atoms with Gasteiger partial charge in [-0.15, -0.1) is 0 Å². The van der Waals surface area contributed by atoms with E-state index < -0.39 is 23.7 Å². The van der Waals surface area contributed by atoms with Crippen molar-refractivity contribution in [3.05, 3.63) is 58.5 Å². The Bertz CT molecular complexity index is 1290. The van der Waals surface area contributed by atoms with Gasteiger partial charge in [-0.2, -0.15) is 13.2 Å². The fourth-order valence-corrected chi connectivity index (χ4v) is 4.35. The summed E-state index contributed by atoms with van der Waals surface area (Å²) in [6, 6.07) is 5.27. The SMILES string of the molecule is Cc1c([C@@H](C)N=c2nc(C)n(C)c3cnc(N4CCC(F)(F)CC4)cc23)cccc1C(F)(F)F. The summed E-state index contributed by atoms with van der Waals surface area (Å²) in [5.41, 5.74) is 1.02. The Balaban J connectivity index is 1.81. The van der Waals surface area contributed by atoms with Crippen LogP contribution in [-0.2, 0) is 13.2 Å². The zero-order valence-corrected chi connectivity index (χ0v) is 19.4. The molecule has 1 aliphatic rings. The van der Waals surface area contributed by atoms with Gasteiger partial charge in [-0.05, 0) is 44.0 Å². The lowest BCUT2D eigenvalue weighted by atomic mass is 9.97. The first kappa shape index (κ1) is 24.1. The summed E-state index contributed by atoms with van der Waals surface area (Å²) < 4.78 is 69.2.